The third kappa shape index (κ3) is 2.06. The molecule has 1 unspecified atom stereocenters. The van der Waals surface area contributed by atoms with Gasteiger partial charge in [-0.1, -0.05) is 0 Å². The molecule has 1 rings (SSSR count). The van der Waals surface area contributed by atoms with Gasteiger partial charge in [-0.25, -0.2) is 4.98 Å². The van der Waals surface area contributed by atoms with Crippen LogP contribution in [0.2, 0.25) is 0 Å². The van der Waals surface area contributed by atoms with Crippen molar-refractivity contribution in [3.63, 3.8) is 0 Å². The Morgan fingerprint density at radius 1 is 1.43 bits per heavy atom. The molecule has 14 heavy (non-hydrogen) atoms. The van der Waals surface area contributed by atoms with Gasteiger partial charge in [0.2, 0.25) is 5.89 Å². The number of nitrogens with two attached hydrogens (primary N) is 1. The van der Waals surface area contributed by atoms with Crippen LogP contribution in [0.5, 0.6) is 0 Å². The molecule has 1 aromatic rings. The molecule has 0 aliphatic rings. The summed E-state index contributed by atoms with van der Waals surface area (Å²) in [6, 6.07) is 0. The van der Waals surface area contributed by atoms with Gasteiger partial charge < -0.3 is 10.2 Å². The van der Waals surface area contributed by atoms with Crippen LogP contribution >= 0.6 is 0 Å². The lowest BCUT2D eigenvalue weighted by atomic mass is 10.1. The van der Waals surface area contributed by atoms with E-state index in [2.05, 4.69) is 4.98 Å². The Morgan fingerprint density at radius 3 is 2.29 bits per heavy atom. The summed E-state index contributed by atoms with van der Waals surface area (Å²) in [5.41, 5.74) is 5.49. The molecule has 0 fully saturated rings. The number of alkyl halides is 3. The van der Waals surface area contributed by atoms with Crippen molar-refractivity contribution in [3.05, 3.63) is 17.3 Å². The van der Waals surface area contributed by atoms with Crippen LogP contribution in [0.15, 0.2) is 4.42 Å². The maximum Gasteiger partial charge on any atom is 0.401 e. The second-order valence-electron chi connectivity index (χ2n) is 3.02. The van der Waals surface area contributed by atoms with Crippen molar-refractivity contribution in [3.8, 4) is 0 Å². The number of halogens is 3. The highest BCUT2D eigenvalue weighted by atomic mass is 19.4. The highest BCUT2D eigenvalue weighted by Gasteiger charge is 2.43. The van der Waals surface area contributed by atoms with Crippen molar-refractivity contribution >= 4 is 0 Å². The standard InChI is InChI=1S/C8H11F3N2O/c1-4-5(2)14-7(13-4)6(3-12)8(9,10)11/h6H,3,12H2,1-2H3. The normalized spacial score (nSPS) is 14.4. The Hall–Kier alpha value is -1.04. The third-order valence-corrected chi connectivity index (χ3v) is 1.97. The van der Waals surface area contributed by atoms with E-state index in [-0.39, 0.29) is 5.89 Å². The molecule has 0 spiro atoms. The average Bonchev–Trinajstić information content (AvgIpc) is 2.30. The average molecular weight is 208 g/mol. The number of oxazole rings is 1. The van der Waals surface area contributed by atoms with E-state index in [0.29, 0.717) is 11.5 Å². The second-order valence-corrected chi connectivity index (χ2v) is 3.02. The van der Waals surface area contributed by atoms with Crippen LogP contribution in [0.25, 0.3) is 0 Å². The zero-order valence-electron chi connectivity index (χ0n) is 7.85. The second kappa shape index (κ2) is 3.61. The number of nitrogens with zero attached hydrogens (tertiary/aromatic N) is 1. The summed E-state index contributed by atoms with van der Waals surface area (Å²) in [6.45, 7) is 2.60. The topological polar surface area (TPSA) is 52.0 Å². The fraction of sp³-hybridized carbons (Fsp3) is 0.625. The summed E-state index contributed by atoms with van der Waals surface area (Å²) in [7, 11) is 0. The largest absolute Gasteiger partial charge is 0.445 e. The summed E-state index contributed by atoms with van der Waals surface area (Å²) in [5.74, 6) is -1.77. The van der Waals surface area contributed by atoms with E-state index < -0.39 is 18.6 Å². The highest BCUT2D eigenvalue weighted by Crippen LogP contribution is 2.33. The Kier molecular flexibility index (Phi) is 2.84. The van der Waals surface area contributed by atoms with Crippen molar-refractivity contribution in [2.24, 2.45) is 5.73 Å². The Bertz CT molecular complexity index is 299. The smallest absolute Gasteiger partial charge is 0.401 e. The zero-order valence-corrected chi connectivity index (χ0v) is 7.85. The minimum Gasteiger partial charge on any atom is -0.445 e. The first-order valence-corrected chi connectivity index (χ1v) is 4.07. The molecule has 80 valence electrons. The zero-order chi connectivity index (χ0) is 10.9. The number of hydrogen-bond acceptors (Lipinski definition) is 3. The van der Waals surface area contributed by atoms with E-state index in [1.807, 2.05) is 0 Å². The number of aromatic nitrogens is 1. The number of hydrogen-bond donors (Lipinski definition) is 1. The minimum absolute atomic E-state index is 0.352. The van der Waals surface area contributed by atoms with E-state index in [1.165, 1.54) is 0 Å². The first-order chi connectivity index (χ1) is 6.36. The molecular formula is C8H11F3N2O. The summed E-state index contributed by atoms with van der Waals surface area (Å²) in [6.07, 6.45) is -4.40. The van der Waals surface area contributed by atoms with E-state index >= 15 is 0 Å². The lowest BCUT2D eigenvalue weighted by Crippen LogP contribution is -2.28. The third-order valence-electron chi connectivity index (χ3n) is 1.97. The number of aryl methyl sites for hydroxylation is 2. The van der Waals surface area contributed by atoms with Gasteiger partial charge in [0.15, 0.2) is 0 Å². The molecule has 1 heterocycles. The molecule has 2 N–H and O–H groups in total. The molecule has 0 bridgehead atoms. The molecule has 0 radical (unpaired) electrons. The van der Waals surface area contributed by atoms with Gasteiger partial charge in [0.05, 0.1) is 5.69 Å². The van der Waals surface area contributed by atoms with E-state index in [4.69, 9.17) is 10.2 Å². The molecule has 6 heteroatoms. The lowest BCUT2D eigenvalue weighted by molar-refractivity contribution is -0.152. The van der Waals surface area contributed by atoms with Crippen molar-refractivity contribution in [1.82, 2.24) is 4.98 Å². The first kappa shape index (κ1) is 11.0. The van der Waals surface area contributed by atoms with Gasteiger partial charge in [-0.3, -0.25) is 0 Å². The SMILES string of the molecule is Cc1nc(C(CN)C(F)(F)F)oc1C. The predicted octanol–water partition coefficient (Wildman–Crippen LogP) is 1.90. The van der Waals surface area contributed by atoms with Gasteiger partial charge in [0.25, 0.3) is 0 Å². The molecule has 0 saturated heterocycles. The molecule has 0 aliphatic heterocycles. The fourth-order valence-electron chi connectivity index (χ4n) is 1.02. The van der Waals surface area contributed by atoms with Crippen molar-refractivity contribution in [2.45, 2.75) is 25.9 Å². The van der Waals surface area contributed by atoms with Gasteiger partial charge in [-0.15, -0.1) is 0 Å². The highest BCUT2D eigenvalue weighted by molar-refractivity contribution is 5.09. The van der Waals surface area contributed by atoms with Crippen LogP contribution in [0, 0.1) is 13.8 Å². The maximum atomic E-state index is 12.4. The predicted molar refractivity (Wildman–Crippen MR) is 43.8 cm³/mol. The molecular weight excluding hydrogens is 197 g/mol. The maximum absolute atomic E-state index is 12.4. The van der Waals surface area contributed by atoms with Crippen LogP contribution in [-0.4, -0.2) is 17.7 Å². The van der Waals surface area contributed by atoms with Crippen molar-refractivity contribution in [1.29, 1.82) is 0 Å². The molecule has 3 nitrogen and oxygen atoms in total. The van der Waals surface area contributed by atoms with Gasteiger partial charge in [0.1, 0.15) is 11.7 Å². The van der Waals surface area contributed by atoms with E-state index in [0.717, 1.165) is 0 Å². The summed E-state index contributed by atoms with van der Waals surface area (Å²) in [5, 5.41) is 0. The molecule has 1 atom stereocenters. The van der Waals surface area contributed by atoms with Crippen LogP contribution in [-0.2, 0) is 0 Å². The Morgan fingerprint density at radius 2 is 2.00 bits per heavy atom. The van der Waals surface area contributed by atoms with Gasteiger partial charge in [-0.2, -0.15) is 13.2 Å². The molecule has 0 aromatic carbocycles. The lowest BCUT2D eigenvalue weighted by Gasteiger charge is -2.14. The van der Waals surface area contributed by atoms with Crippen LogP contribution < -0.4 is 5.73 Å². The first-order valence-electron chi connectivity index (χ1n) is 4.07. The summed E-state index contributed by atoms with van der Waals surface area (Å²) in [4.78, 5) is 3.68. The van der Waals surface area contributed by atoms with Crippen LogP contribution in [0.3, 0.4) is 0 Å². The monoisotopic (exact) mass is 208 g/mol. The van der Waals surface area contributed by atoms with E-state index in [9.17, 15) is 13.2 Å². The molecule has 0 amide bonds. The minimum atomic E-state index is -4.40. The van der Waals surface area contributed by atoms with Crippen molar-refractivity contribution in [2.75, 3.05) is 6.54 Å². The van der Waals surface area contributed by atoms with Crippen LogP contribution in [0.4, 0.5) is 13.2 Å². The molecule has 0 saturated carbocycles. The van der Waals surface area contributed by atoms with Gasteiger partial charge >= 0.3 is 6.18 Å². The van der Waals surface area contributed by atoms with Crippen molar-refractivity contribution < 1.29 is 17.6 Å². The van der Waals surface area contributed by atoms with Crippen LogP contribution in [0.1, 0.15) is 23.3 Å². The van der Waals surface area contributed by atoms with Gasteiger partial charge in [0, 0.05) is 6.54 Å². The number of rotatable bonds is 2. The van der Waals surface area contributed by atoms with Gasteiger partial charge in [-0.05, 0) is 13.8 Å². The Labute approximate surface area is 79.1 Å². The summed E-state index contributed by atoms with van der Waals surface area (Å²) >= 11 is 0. The molecule has 1 aromatic heterocycles. The molecule has 0 aliphatic carbocycles. The Balaban J connectivity index is 3.01. The quantitative estimate of drug-likeness (QED) is 0.807. The fourth-order valence-corrected chi connectivity index (χ4v) is 1.02. The summed E-state index contributed by atoms with van der Waals surface area (Å²) < 4.78 is 42.0. The van der Waals surface area contributed by atoms with E-state index in [1.54, 1.807) is 13.8 Å².